The first-order valence-electron chi connectivity index (χ1n) is 11.4. The maximum atomic E-state index is 12.5. The van der Waals surface area contributed by atoms with Crippen molar-refractivity contribution in [3.8, 4) is 5.75 Å². The fourth-order valence-corrected chi connectivity index (χ4v) is 6.68. The smallest absolute Gasteiger partial charge is 0.547 e. The van der Waals surface area contributed by atoms with E-state index in [2.05, 4.69) is 6.92 Å². The van der Waals surface area contributed by atoms with Crippen molar-refractivity contribution in [1.82, 2.24) is 0 Å². The van der Waals surface area contributed by atoms with E-state index >= 15 is 0 Å². The first-order chi connectivity index (χ1) is 15.2. The number of carbonyl (C=O) groups is 2. The van der Waals surface area contributed by atoms with Gasteiger partial charge in [-0.3, -0.25) is 4.79 Å². The molecule has 0 spiro atoms. The molecular formula is C24H29NaO8. The Bertz CT molecular complexity index is 937. The number of aliphatic hydroxyl groups excluding tert-OH is 3. The van der Waals surface area contributed by atoms with Crippen LogP contribution in [0.2, 0.25) is 0 Å². The number of ether oxygens (including phenoxy) is 2. The molecule has 3 aliphatic carbocycles. The Morgan fingerprint density at radius 2 is 1.88 bits per heavy atom. The van der Waals surface area contributed by atoms with Gasteiger partial charge in [0, 0.05) is 11.8 Å². The van der Waals surface area contributed by atoms with Crippen LogP contribution in [-0.4, -0.2) is 57.8 Å². The van der Waals surface area contributed by atoms with Gasteiger partial charge >= 0.3 is 29.6 Å². The molecule has 0 amide bonds. The van der Waals surface area contributed by atoms with Crippen LogP contribution in [0.1, 0.15) is 56.1 Å². The van der Waals surface area contributed by atoms with Gasteiger partial charge in [0.1, 0.15) is 35.9 Å². The van der Waals surface area contributed by atoms with Crippen molar-refractivity contribution in [2.75, 3.05) is 0 Å². The summed E-state index contributed by atoms with van der Waals surface area (Å²) in [6.45, 7) is 2.15. The Balaban J connectivity index is 0.00000259. The summed E-state index contributed by atoms with van der Waals surface area (Å²) in [5, 5.41) is 41.2. The minimum Gasteiger partial charge on any atom is -0.547 e. The average molecular weight is 468 g/mol. The summed E-state index contributed by atoms with van der Waals surface area (Å²) in [6, 6.07) is 5.65. The van der Waals surface area contributed by atoms with Crippen LogP contribution < -0.4 is 39.4 Å². The monoisotopic (exact) mass is 468 g/mol. The van der Waals surface area contributed by atoms with Gasteiger partial charge in [0.2, 0.25) is 6.29 Å². The van der Waals surface area contributed by atoms with E-state index < -0.39 is 36.7 Å². The molecule has 1 saturated heterocycles. The van der Waals surface area contributed by atoms with Crippen LogP contribution in [0.5, 0.6) is 5.75 Å². The van der Waals surface area contributed by atoms with Gasteiger partial charge in [-0.1, -0.05) is 13.0 Å². The number of hydrogen-bond donors (Lipinski definition) is 3. The van der Waals surface area contributed by atoms with Crippen LogP contribution in [-0.2, 0) is 20.7 Å². The molecule has 0 aromatic heterocycles. The van der Waals surface area contributed by atoms with Crippen LogP contribution in [0.3, 0.4) is 0 Å². The largest absolute Gasteiger partial charge is 1.00 e. The average Bonchev–Trinajstić information content (AvgIpc) is 3.08. The summed E-state index contributed by atoms with van der Waals surface area (Å²) >= 11 is 0. The van der Waals surface area contributed by atoms with Crippen LogP contribution in [0, 0.1) is 17.3 Å². The molecule has 1 aliphatic heterocycles. The number of fused-ring (bicyclic) bond motifs is 5. The molecule has 5 rings (SSSR count). The quantitative estimate of drug-likeness (QED) is 0.401. The van der Waals surface area contributed by atoms with Gasteiger partial charge in [-0.15, -0.1) is 0 Å². The van der Waals surface area contributed by atoms with Crippen LogP contribution in [0.4, 0.5) is 0 Å². The number of ketones is 1. The number of rotatable bonds is 3. The number of hydrogen-bond acceptors (Lipinski definition) is 8. The van der Waals surface area contributed by atoms with E-state index in [9.17, 15) is 30.0 Å². The van der Waals surface area contributed by atoms with Crippen molar-refractivity contribution in [1.29, 1.82) is 0 Å². The van der Waals surface area contributed by atoms with E-state index in [-0.39, 0.29) is 35.0 Å². The van der Waals surface area contributed by atoms with Gasteiger partial charge in [0.25, 0.3) is 0 Å². The Morgan fingerprint density at radius 1 is 1.12 bits per heavy atom. The predicted octanol–water partition coefficient (Wildman–Crippen LogP) is -2.95. The fourth-order valence-electron chi connectivity index (χ4n) is 6.68. The summed E-state index contributed by atoms with van der Waals surface area (Å²) in [6.07, 6.45) is -2.97. The van der Waals surface area contributed by atoms with Crippen molar-refractivity contribution in [3.05, 3.63) is 29.3 Å². The topological polar surface area (TPSA) is 136 Å². The summed E-state index contributed by atoms with van der Waals surface area (Å²) < 4.78 is 10.9. The molecule has 9 heteroatoms. The molecule has 9 atom stereocenters. The van der Waals surface area contributed by atoms with E-state index in [4.69, 9.17) is 9.47 Å². The van der Waals surface area contributed by atoms with E-state index in [1.54, 1.807) is 6.07 Å². The van der Waals surface area contributed by atoms with Crippen LogP contribution in [0.15, 0.2) is 18.2 Å². The SMILES string of the molecule is C[C@]12CCC3c4ccc(O[C@@H]5OC(C(=O)[O-])[C@@H](O)[C@@H](O)C5O)cc4CCC3C1CCC2=O.[Na+]. The van der Waals surface area contributed by atoms with Gasteiger partial charge in [-0.05, 0) is 73.1 Å². The molecular weight excluding hydrogens is 439 g/mol. The van der Waals surface area contributed by atoms with Crippen molar-refractivity contribution in [2.45, 2.75) is 82.1 Å². The molecule has 3 fully saturated rings. The predicted molar refractivity (Wildman–Crippen MR) is 108 cm³/mol. The van der Waals surface area contributed by atoms with Gasteiger partial charge in [-0.2, -0.15) is 0 Å². The second-order valence-corrected chi connectivity index (χ2v) is 10.0. The molecule has 3 N–H and O–H groups in total. The summed E-state index contributed by atoms with van der Waals surface area (Å²) in [4.78, 5) is 23.7. The number of benzene rings is 1. The number of aliphatic carboxylic acids is 1. The Morgan fingerprint density at radius 3 is 2.61 bits per heavy atom. The molecule has 4 aliphatic rings. The number of carboxylic acids is 1. The molecule has 5 unspecified atom stereocenters. The molecule has 8 nitrogen and oxygen atoms in total. The number of carboxylic acid groups (broad SMARTS) is 1. The summed E-state index contributed by atoms with van der Waals surface area (Å²) in [5.41, 5.74) is 2.24. The fraction of sp³-hybridized carbons (Fsp3) is 0.667. The van der Waals surface area contributed by atoms with Crippen molar-refractivity contribution in [2.24, 2.45) is 17.3 Å². The number of Topliss-reactive ketones (excluding diaryl/α,β-unsaturated/α-hetero) is 1. The Hall–Kier alpha value is -1.000. The third-order valence-corrected chi connectivity index (χ3v) is 8.46. The van der Waals surface area contributed by atoms with Crippen molar-refractivity contribution in [3.63, 3.8) is 0 Å². The Kier molecular flexibility index (Phi) is 7.02. The molecule has 33 heavy (non-hydrogen) atoms. The first kappa shape index (κ1) is 25.1. The number of aliphatic hydroxyl groups is 3. The van der Waals surface area contributed by atoms with E-state index in [1.807, 2.05) is 12.1 Å². The van der Waals surface area contributed by atoms with Crippen molar-refractivity contribution >= 4 is 11.8 Å². The van der Waals surface area contributed by atoms with E-state index in [0.717, 1.165) is 37.7 Å². The number of aryl methyl sites for hydroxylation is 1. The molecule has 2 saturated carbocycles. The molecule has 174 valence electrons. The minimum absolute atomic E-state index is 0. The Labute approximate surface area is 214 Å². The van der Waals surface area contributed by atoms with Gasteiger partial charge < -0.3 is 34.7 Å². The van der Waals surface area contributed by atoms with Crippen molar-refractivity contribution < 1.29 is 69.0 Å². The third kappa shape index (κ3) is 4.07. The molecule has 0 bridgehead atoms. The third-order valence-electron chi connectivity index (χ3n) is 8.46. The van der Waals surface area contributed by atoms with E-state index in [1.165, 1.54) is 5.56 Å². The summed E-state index contributed by atoms with van der Waals surface area (Å²) in [7, 11) is 0. The zero-order valence-electron chi connectivity index (χ0n) is 19.0. The minimum atomic E-state index is -1.81. The number of carbonyl (C=O) groups excluding carboxylic acids is 2. The van der Waals surface area contributed by atoms with Gasteiger partial charge in [-0.25, -0.2) is 0 Å². The van der Waals surface area contributed by atoms with Crippen LogP contribution in [0.25, 0.3) is 0 Å². The zero-order valence-corrected chi connectivity index (χ0v) is 21.0. The molecule has 0 radical (unpaired) electrons. The van der Waals surface area contributed by atoms with Crippen LogP contribution >= 0.6 is 0 Å². The maximum absolute atomic E-state index is 12.5. The molecule has 1 heterocycles. The maximum Gasteiger partial charge on any atom is 1.00 e. The second-order valence-electron chi connectivity index (χ2n) is 10.0. The standard InChI is InChI=1S/C24H30O8.Na/c1-24-9-8-14-13-5-3-12(10-11(13)2-4-15(14)16(24)6-7-17(24)25)31-23-20(28)18(26)19(27)21(32-23)22(29)30;/h3,5,10,14-16,18-21,23,26-28H,2,4,6-9H2,1H3,(H,29,30);/q;+1/p-1/t14?,15?,16?,18-,19+,20?,21?,23-,24+;/m1./s1. The molecule has 1 aromatic rings. The molecule has 1 aromatic carbocycles. The van der Waals surface area contributed by atoms with Gasteiger partial charge in [0.05, 0.1) is 5.97 Å². The summed E-state index contributed by atoms with van der Waals surface area (Å²) in [5.74, 6) is 0.477. The van der Waals surface area contributed by atoms with E-state index in [0.29, 0.717) is 35.7 Å². The first-order valence-corrected chi connectivity index (χ1v) is 11.4. The zero-order chi connectivity index (χ0) is 22.8. The second kappa shape index (κ2) is 9.22. The van der Waals surface area contributed by atoms with Gasteiger partial charge in [0.15, 0.2) is 0 Å². The normalized spacial score (nSPS) is 41.9.